The molecule has 0 aromatic heterocycles. The number of halogens is 2. The third-order valence-corrected chi connectivity index (χ3v) is 4.19. The maximum atomic E-state index is 6.35. The van der Waals surface area contributed by atoms with E-state index in [9.17, 15) is 0 Å². The molecule has 0 fully saturated rings. The summed E-state index contributed by atoms with van der Waals surface area (Å²) in [5.41, 5.74) is 7.06. The van der Waals surface area contributed by atoms with E-state index in [1.54, 1.807) is 14.2 Å². The first-order valence-corrected chi connectivity index (χ1v) is 8.18. The summed E-state index contributed by atoms with van der Waals surface area (Å²) in [4.78, 5) is 2.30. The topological polar surface area (TPSA) is 47.7 Å². The van der Waals surface area contributed by atoms with Gasteiger partial charge in [0.05, 0.1) is 6.61 Å². The molecule has 120 valence electrons. The van der Waals surface area contributed by atoms with Crippen molar-refractivity contribution in [2.75, 3.05) is 47.1 Å². The molecule has 2 N–H and O–H groups in total. The molecule has 1 atom stereocenters. The second-order valence-electron chi connectivity index (χ2n) is 4.79. The highest BCUT2D eigenvalue weighted by Gasteiger charge is 2.21. The lowest BCUT2D eigenvalue weighted by molar-refractivity contribution is 0.108. The number of benzene rings is 1. The number of hydrogen-bond donors (Lipinski definition) is 1. The van der Waals surface area contributed by atoms with Gasteiger partial charge in [-0.2, -0.15) is 0 Å². The van der Waals surface area contributed by atoms with Gasteiger partial charge in [-0.05, 0) is 30.2 Å². The molecule has 1 aromatic carbocycles. The van der Waals surface area contributed by atoms with Crippen LogP contribution in [0.15, 0.2) is 22.7 Å². The Balaban J connectivity index is 2.90. The molecule has 0 saturated heterocycles. The molecule has 6 heteroatoms. The van der Waals surface area contributed by atoms with Crippen LogP contribution in [0, 0.1) is 0 Å². The number of hydrogen-bond acceptors (Lipinski definition) is 4. The van der Waals surface area contributed by atoms with Gasteiger partial charge in [0.2, 0.25) is 0 Å². The van der Waals surface area contributed by atoms with E-state index in [1.165, 1.54) is 0 Å². The molecule has 0 saturated carbocycles. The zero-order valence-corrected chi connectivity index (χ0v) is 15.0. The van der Waals surface area contributed by atoms with E-state index in [0.717, 1.165) is 41.2 Å². The normalized spacial score (nSPS) is 12.9. The summed E-state index contributed by atoms with van der Waals surface area (Å²) in [6.07, 6.45) is 0.947. The van der Waals surface area contributed by atoms with Gasteiger partial charge in [0, 0.05) is 56.0 Å². The van der Waals surface area contributed by atoms with Gasteiger partial charge in [0.15, 0.2) is 0 Å². The van der Waals surface area contributed by atoms with Crippen LogP contribution in [-0.4, -0.2) is 52.0 Å². The van der Waals surface area contributed by atoms with Gasteiger partial charge >= 0.3 is 0 Å². The Hall–Kier alpha value is -0.170. The number of ether oxygens (including phenoxy) is 2. The van der Waals surface area contributed by atoms with Crippen LogP contribution in [-0.2, 0) is 9.47 Å². The van der Waals surface area contributed by atoms with Crippen LogP contribution in [0.25, 0.3) is 0 Å². The smallest absolute Gasteiger partial charge is 0.0589 e. The number of nitrogens with zero attached hydrogens (tertiary/aromatic N) is 1. The molecule has 0 bridgehead atoms. The Labute approximate surface area is 140 Å². The SMILES string of the molecule is COCCCN(CCOC)C(CN)c1cc(Br)ccc1Cl. The van der Waals surface area contributed by atoms with Crippen molar-refractivity contribution in [2.24, 2.45) is 5.73 Å². The minimum atomic E-state index is 0.0713. The Morgan fingerprint density at radius 2 is 1.95 bits per heavy atom. The Kier molecular flexibility index (Phi) is 9.47. The van der Waals surface area contributed by atoms with Gasteiger partial charge in [-0.1, -0.05) is 27.5 Å². The van der Waals surface area contributed by atoms with Crippen LogP contribution in [0.2, 0.25) is 5.02 Å². The van der Waals surface area contributed by atoms with Crippen molar-refractivity contribution in [1.82, 2.24) is 4.90 Å². The van der Waals surface area contributed by atoms with Crippen molar-refractivity contribution in [2.45, 2.75) is 12.5 Å². The average Bonchev–Trinajstić information content (AvgIpc) is 2.48. The summed E-state index contributed by atoms with van der Waals surface area (Å²) in [6.45, 7) is 3.60. The molecule has 0 aliphatic heterocycles. The Morgan fingerprint density at radius 3 is 2.57 bits per heavy atom. The largest absolute Gasteiger partial charge is 0.385 e. The summed E-state index contributed by atoms with van der Waals surface area (Å²) < 4.78 is 11.3. The van der Waals surface area contributed by atoms with Crippen molar-refractivity contribution in [1.29, 1.82) is 0 Å². The molecule has 1 rings (SSSR count). The van der Waals surface area contributed by atoms with E-state index in [2.05, 4.69) is 20.8 Å². The fourth-order valence-corrected chi connectivity index (χ4v) is 2.91. The van der Waals surface area contributed by atoms with E-state index < -0.39 is 0 Å². The third-order valence-electron chi connectivity index (χ3n) is 3.36. The third kappa shape index (κ3) is 6.22. The second-order valence-corrected chi connectivity index (χ2v) is 6.12. The van der Waals surface area contributed by atoms with E-state index in [1.807, 2.05) is 18.2 Å². The van der Waals surface area contributed by atoms with E-state index in [-0.39, 0.29) is 6.04 Å². The predicted molar refractivity (Wildman–Crippen MR) is 90.9 cm³/mol. The first-order chi connectivity index (χ1) is 10.1. The van der Waals surface area contributed by atoms with Gasteiger partial charge in [-0.25, -0.2) is 0 Å². The standard InChI is InChI=1S/C15H24BrClN2O2/c1-20-8-3-6-19(7-9-21-2)15(11-18)13-10-12(16)4-5-14(13)17/h4-5,10,15H,3,6-9,11,18H2,1-2H3. The summed E-state index contributed by atoms with van der Waals surface area (Å²) in [5, 5.41) is 0.739. The average molecular weight is 380 g/mol. The van der Waals surface area contributed by atoms with E-state index in [4.69, 9.17) is 26.8 Å². The van der Waals surface area contributed by atoms with Crippen molar-refractivity contribution in [3.63, 3.8) is 0 Å². The summed E-state index contributed by atoms with van der Waals surface area (Å²) in [6, 6.07) is 5.94. The molecule has 1 aromatic rings. The molecule has 0 spiro atoms. The Bertz CT molecular complexity index is 421. The monoisotopic (exact) mass is 378 g/mol. The molecule has 0 radical (unpaired) electrons. The van der Waals surface area contributed by atoms with Crippen LogP contribution in [0.5, 0.6) is 0 Å². The maximum absolute atomic E-state index is 6.35. The maximum Gasteiger partial charge on any atom is 0.0589 e. The predicted octanol–water partition coefficient (Wildman–Crippen LogP) is 3.09. The molecule has 0 heterocycles. The van der Waals surface area contributed by atoms with Crippen LogP contribution in [0.4, 0.5) is 0 Å². The second kappa shape index (κ2) is 10.5. The van der Waals surface area contributed by atoms with Gasteiger partial charge < -0.3 is 15.2 Å². The zero-order chi connectivity index (χ0) is 15.7. The molecule has 1 unspecified atom stereocenters. The van der Waals surface area contributed by atoms with Crippen molar-refractivity contribution in [3.05, 3.63) is 33.3 Å². The molecule has 0 amide bonds. The highest BCUT2D eigenvalue weighted by atomic mass is 79.9. The van der Waals surface area contributed by atoms with Gasteiger partial charge in [-0.3, -0.25) is 4.90 Å². The molecular formula is C15H24BrClN2O2. The Morgan fingerprint density at radius 1 is 1.24 bits per heavy atom. The highest BCUT2D eigenvalue weighted by molar-refractivity contribution is 9.10. The van der Waals surface area contributed by atoms with Crippen LogP contribution in [0.1, 0.15) is 18.0 Å². The molecule has 0 aliphatic carbocycles. The molecular weight excluding hydrogens is 356 g/mol. The van der Waals surface area contributed by atoms with Crippen molar-refractivity contribution in [3.8, 4) is 0 Å². The van der Waals surface area contributed by atoms with E-state index in [0.29, 0.717) is 13.2 Å². The lowest BCUT2D eigenvalue weighted by atomic mass is 10.0. The minimum absolute atomic E-state index is 0.0713. The van der Waals surface area contributed by atoms with Gasteiger partial charge in [0.1, 0.15) is 0 Å². The fraction of sp³-hybridized carbons (Fsp3) is 0.600. The summed E-state index contributed by atoms with van der Waals surface area (Å²) in [7, 11) is 3.42. The first kappa shape index (κ1) is 18.9. The minimum Gasteiger partial charge on any atom is -0.385 e. The number of methoxy groups -OCH3 is 2. The lowest BCUT2D eigenvalue weighted by Crippen LogP contribution is -2.37. The van der Waals surface area contributed by atoms with Crippen molar-refractivity contribution < 1.29 is 9.47 Å². The lowest BCUT2D eigenvalue weighted by Gasteiger charge is -2.31. The number of nitrogens with two attached hydrogens (primary N) is 1. The molecule has 21 heavy (non-hydrogen) atoms. The van der Waals surface area contributed by atoms with Gasteiger partial charge in [-0.15, -0.1) is 0 Å². The van der Waals surface area contributed by atoms with Crippen LogP contribution < -0.4 is 5.73 Å². The quantitative estimate of drug-likeness (QED) is 0.635. The van der Waals surface area contributed by atoms with Crippen molar-refractivity contribution >= 4 is 27.5 Å². The zero-order valence-electron chi connectivity index (χ0n) is 12.6. The summed E-state index contributed by atoms with van der Waals surface area (Å²) in [5.74, 6) is 0. The van der Waals surface area contributed by atoms with Crippen LogP contribution in [0.3, 0.4) is 0 Å². The fourth-order valence-electron chi connectivity index (χ4n) is 2.29. The van der Waals surface area contributed by atoms with Crippen LogP contribution >= 0.6 is 27.5 Å². The van der Waals surface area contributed by atoms with Gasteiger partial charge in [0.25, 0.3) is 0 Å². The number of rotatable bonds is 10. The molecule has 0 aliphatic rings. The van der Waals surface area contributed by atoms with E-state index >= 15 is 0 Å². The first-order valence-electron chi connectivity index (χ1n) is 7.01. The highest BCUT2D eigenvalue weighted by Crippen LogP contribution is 2.29. The summed E-state index contributed by atoms with van der Waals surface area (Å²) >= 11 is 9.85. The molecule has 4 nitrogen and oxygen atoms in total.